The zero-order valence-electron chi connectivity index (χ0n) is 6.42. The highest BCUT2D eigenvalue weighted by Crippen LogP contribution is 2.28. The molecular formula is C7H15NS. The molecule has 2 heteroatoms. The van der Waals surface area contributed by atoms with E-state index in [-0.39, 0.29) is 0 Å². The molecule has 1 nitrogen and oxygen atoms in total. The van der Waals surface area contributed by atoms with Gasteiger partial charge in [-0.2, -0.15) is 0 Å². The lowest BCUT2D eigenvalue weighted by molar-refractivity contribution is 0.306. The molecule has 0 spiro atoms. The first kappa shape index (κ1) is 7.42. The van der Waals surface area contributed by atoms with Crippen molar-refractivity contribution >= 4 is 11.8 Å². The Morgan fingerprint density at radius 3 is 2.44 bits per heavy atom. The van der Waals surface area contributed by atoms with Crippen molar-refractivity contribution in [2.45, 2.75) is 31.4 Å². The highest BCUT2D eigenvalue weighted by molar-refractivity contribution is 8.00. The van der Waals surface area contributed by atoms with Crippen LogP contribution in [0.4, 0.5) is 0 Å². The number of hydrogen-bond acceptors (Lipinski definition) is 2. The molecule has 1 heterocycles. The molecule has 0 radical (unpaired) electrons. The van der Waals surface area contributed by atoms with Gasteiger partial charge in [0.2, 0.25) is 0 Å². The molecule has 0 aliphatic carbocycles. The van der Waals surface area contributed by atoms with E-state index in [1.165, 1.54) is 13.1 Å². The second-order valence-electron chi connectivity index (χ2n) is 2.63. The molecule has 0 aromatic heterocycles. The average molecular weight is 145 g/mol. The summed E-state index contributed by atoms with van der Waals surface area (Å²) in [6.07, 6.45) is 0. The zero-order chi connectivity index (χ0) is 6.85. The summed E-state index contributed by atoms with van der Waals surface area (Å²) in [5, 5.41) is 1.60. The molecule has 1 aliphatic rings. The van der Waals surface area contributed by atoms with E-state index in [9.17, 15) is 0 Å². The van der Waals surface area contributed by atoms with Crippen LogP contribution in [-0.2, 0) is 0 Å². The van der Waals surface area contributed by atoms with Gasteiger partial charge in [-0.05, 0) is 13.5 Å². The van der Waals surface area contributed by atoms with E-state index >= 15 is 0 Å². The molecule has 1 saturated heterocycles. The second-order valence-corrected chi connectivity index (χ2v) is 4.39. The summed E-state index contributed by atoms with van der Waals surface area (Å²) in [7, 11) is 0. The maximum absolute atomic E-state index is 2.51. The van der Waals surface area contributed by atoms with Gasteiger partial charge in [0.1, 0.15) is 0 Å². The lowest BCUT2D eigenvalue weighted by Crippen LogP contribution is -2.26. The minimum absolute atomic E-state index is 0.755. The van der Waals surface area contributed by atoms with Crippen molar-refractivity contribution in [3.63, 3.8) is 0 Å². The van der Waals surface area contributed by atoms with Gasteiger partial charge in [0.25, 0.3) is 0 Å². The van der Waals surface area contributed by atoms with E-state index in [0.29, 0.717) is 0 Å². The van der Waals surface area contributed by atoms with Gasteiger partial charge in [0.15, 0.2) is 0 Å². The van der Waals surface area contributed by atoms with Crippen LogP contribution < -0.4 is 0 Å². The summed E-state index contributed by atoms with van der Waals surface area (Å²) in [6, 6.07) is 0. The minimum Gasteiger partial charge on any atom is -0.291 e. The van der Waals surface area contributed by atoms with Crippen LogP contribution in [0.5, 0.6) is 0 Å². The van der Waals surface area contributed by atoms with Crippen LogP contribution in [0.2, 0.25) is 0 Å². The van der Waals surface area contributed by atoms with Crippen LogP contribution >= 0.6 is 11.8 Å². The fourth-order valence-electron chi connectivity index (χ4n) is 1.33. The molecule has 0 unspecified atom stereocenters. The largest absolute Gasteiger partial charge is 0.291 e. The molecule has 0 amide bonds. The molecule has 0 aromatic carbocycles. The van der Waals surface area contributed by atoms with Crippen LogP contribution in [0.3, 0.4) is 0 Å². The lowest BCUT2D eigenvalue weighted by Gasteiger charge is -2.16. The number of hydrogen-bond donors (Lipinski definition) is 0. The highest BCUT2D eigenvalue weighted by Gasteiger charge is 2.24. The Bertz CT molecular complexity index is 94.9. The molecule has 0 bridgehead atoms. The minimum atomic E-state index is 0.755. The molecule has 54 valence electrons. The predicted molar refractivity (Wildman–Crippen MR) is 43.8 cm³/mol. The van der Waals surface area contributed by atoms with E-state index in [0.717, 1.165) is 10.6 Å². The van der Waals surface area contributed by atoms with E-state index in [4.69, 9.17) is 0 Å². The second kappa shape index (κ2) is 2.93. The van der Waals surface area contributed by atoms with Crippen molar-refractivity contribution in [1.82, 2.24) is 4.90 Å². The van der Waals surface area contributed by atoms with Gasteiger partial charge >= 0.3 is 0 Å². The number of nitrogens with zero attached hydrogens (tertiary/aromatic N) is 1. The molecule has 1 rings (SSSR count). The van der Waals surface area contributed by atoms with Crippen LogP contribution in [0, 0.1) is 0 Å². The number of rotatable bonds is 1. The molecule has 0 aromatic rings. The Kier molecular flexibility index (Phi) is 2.42. The van der Waals surface area contributed by atoms with Crippen molar-refractivity contribution in [3.8, 4) is 0 Å². The van der Waals surface area contributed by atoms with Crippen LogP contribution in [0.15, 0.2) is 0 Å². The molecule has 1 fully saturated rings. The van der Waals surface area contributed by atoms with E-state index < -0.39 is 0 Å². The zero-order valence-corrected chi connectivity index (χ0v) is 7.24. The van der Waals surface area contributed by atoms with Crippen molar-refractivity contribution in [2.24, 2.45) is 0 Å². The third-order valence-electron chi connectivity index (χ3n) is 1.84. The van der Waals surface area contributed by atoms with Crippen LogP contribution in [0.1, 0.15) is 20.8 Å². The van der Waals surface area contributed by atoms with Crippen molar-refractivity contribution in [3.05, 3.63) is 0 Å². The smallest absolute Gasteiger partial charge is 0.0532 e. The quantitative estimate of drug-likeness (QED) is 0.553. The highest BCUT2D eigenvalue weighted by atomic mass is 32.2. The summed E-state index contributed by atoms with van der Waals surface area (Å²) in [4.78, 5) is 2.51. The normalized spacial score (nSPS) is 37.7. The van der Waals surface area contributed by atoms with Gasteiger partial charge in [-0.1, -0.05) is 13.8 Å². The first-order valence-corrected chi connectivity index (χ1v) is 4.57. The van der Waals surface area contributed by atoms with Gasteiger partial charge in [-0.3, -0.25) is 4.90 Å². The van der Waals surface area contributed by atoms with Crippen LogP contribution in [-0.4, -0.2) is 28.6 Å². The Morgan fingerprint density at radius 1 is 1.56 bits per heavy atom. The molecule has 0 N–H and O–H groups in total. The Morgan fingerprint density at radius 2 is 2.22 bits per heavy atom. The Hall–Kier alpha value is 0.310. The summed E-state index contributed by atoms with van der Waals surface area (Å²) in [5.74, 6) is 0. The first-order valence-electron chi connectivity index (χ1n) is 3.63. The van der Waals surface area contributed by atoms with Gasteiger partial charge in [0.05, 0.1) is 5.37 Å². The van der Waals surface area contributed by atoms with Crippen molar-refractivity contribution < 1.29 is 0 Å². The molecule has 0 saturated carbocycles. The van der Waals surface area contributed by atoms with Gasteiger partial charge in [-0.25, -0.2) is 0 Å². The maximum Gasteiger partial charge on any atom is 0.0532 e. The molecule has 1 aliphatic heterocycles. The van der Waals surface area contributed by atoms with Gasteiger partial charge < -0.3 is 0 Å². The summed E-state index contributed by atoms with van der Waals surface area (Å²) >= 11 is 2.08. The van der Waals surface area contributed by atoms with Crippen molar-refractivity contribution in [1.29, 1.82) is 0 Å². The van der Waals surface area contributed by atoms with E-state index in [2.05, 4.69) is 37.4 Å². The fraction of sp³-hybridized carbons (Fsp3) is 1.00. The Labute approximate surface area is 61.8 Å². The monoisotopic (exact) mass is 145 g/mol. The Balaban J connectivity index is 2.38. The third-order valence-corrected chi connectivity index (χ3v) is 3.15. The standard InChI is InChI=1S/C7H15NS/c1-4-8-5-6(2)9-7(8)3/h6-7H,4-5H2,1-3H3/t6-,7+/m1/s1. The SMILES string of the molecule is CCN1C[C@@H](C)S[C@H]1C. The number of thioether (sulfide) groups is 1. The van der Waals surface area contributed by atoms with Crippen LogP contribution in [0.25, 0.3) is 0 Å². The van der Waals surface area contributed by atoms with Crippen molar-refractivity contribution in [2.75, 3.05) is 13.1 Å². The summed E-state index contributed by atoms with van der Waals surface area (Å²) < 4.78 is 0. The maximum atomic E-state index is 2.51. The lowest BCUT2D eigenvalue weighted by atomic mass is 10.4. The topological polar surface area (TPSA) is 3.24 Å². The third kappa shape index (κ3) is 1.62. The average Bonchev–Trinajstić information content (AvgIpc) is 2.10. The van der Waals surface area contributed by atoms with Gasteiger partial charge in [0, 0.05) is 11.8 Å². The molecule has 9 heavy (non-hydrogen) atoms. The predicted octanol–water partition coefficient (Wildman–Crippen LogP) is 1.79. The van der Waals surface area contributed by atoms with E-state index in [1.54, 1.807) is 0 Å². The molecular weight excluding hydrogens is 130 g/mol. The van der Waals surface area contributed by atoms with Gasteiger partial charge in [-0.15, -0.1) is 11.8 Å². The fourth-order valence-corrected chi connectivity index (χ4v) is 2.69. The molecule has 2 atom stereocenters. The first-order chi connectivity index (χ1) is 4.24. The summed E-state index contributed by atoms with van der Waals surface area (Å²) in [5.41, 5.74) is 0. The van der Waals surface area contributed by atoms with E-state index in [1.807, 2.05) is 0 Å². The summed E-state index contributed by atoms with van der Waals surface area (Å²) in [6.45, 7) is 9.31.